The van der Waals surface area contributed by atoms with Crippen molar-refractivity contribution in [3.63, 3.8) is 0 Å². The highest BCUT2D eigenvalue weighted by Gasteiger charge is 2.34. The molecule has 0 unspecified atom stereocenters. The monoisotopic (exact) mass is 278 g/mol. The minimum absolute atomic E-state index is 0.530. The number of benzene rings is 2. The minimum Gasteiger partial charge on any atom is -0.440 e. The molecular formula is C17H14N2O2. The van der Waals surface area contributed by atoms with Crippen molar-refractivity contribution in [3.8, 4) is 0 Å². The Bertz CT molecular complexity index is 792. The number of oxazole rings is 2. The van der Waals surface area contributed by atoms with Crippen LogP contribution >= 0.6 is 0 Å². The zero-order chi connectivity index (χ0) is 14.4. The second-order valence-electron chi connectivity index (χ2n) is 5.60. The van der Waals surface area contributed by atoms with Crippen LogP contribution in [0.15, 0.2) is 57.4 Å². The Balaban J connectivity index is 1.87. The fourth-order valence-electron chi connectivity index (χ4n) is 2.37. The van der Waals surface area contributed by atoms with Gasteiger partial charge in [-0.2, -0.15) is 0 Å². The molecule has 0 atom stereocenters. The van der Waals surface area contributed by atoms with Crippen LogP contribution in [0.5, 0.6) is 0 Å². The molecule has 0 saturated carbocycles. The highest BCUT2D eigenvalue weighted by Crippen LogP contribution is 2.33. The zero-order valence-corrected chi connectivity index (χ0v) is 11.8. The number of nitrogens with zero attached hydrogens (tertiary/aromatic N) is 2. The average Bonchev–Trinajstić information content (AvgIpc) is 3.11. The van der Waals surface area contributed by atoms with Gasteiger partial charge in [0.15, 0.2) is 11.2 Å². The highest BCUT2D eigenvalue weighted by molar-refractivity contribution is 5.73. The molecule has 4 aromatic rings. The van der Waals surface area contributed by atoms with Crippen LogP contribution in [0.3, 0.4) is 0 Å². The van der Waals surface area contributed by atoms with Gasteiger partial charge >= 0.3 is 0 Å². The van der Waals surface area contributed by atoms with Crippen molar-refractivity contribution in [1.29, 1.82) is 0 Å². The molecule has 104 valence electrons. The molecule has 0 spiro atoms. The van der Waals surface area contributed by atoms with Crippen molar-refractivity contribution < 1.29 is 8.83 Å². The summed E-state index contributed by atoms with van der Waals surface area (Å²) in [6.07, 6.45) is 0. The van der Waals surface area contributed by atoms with Crippen LogP contribution < -0.4 is 0 Å². The van der Waals surface area contributed by atoms with Crippen LogP contribution in [0.2, 0.25) is 0 Å². The standard InChI is InChI=1S/C17H14N2O2/c1-17(2,15-18-11-7-3-5-9-13(11)20-15)16-19-12-8-4-6-10-14(12)21-16/h3-10H,1-2H3. The van der Waals surface area contributed by atoms with E-state index in [1.165, 1.54) is 0 Å². The Hall–Kier alpha value is -2.62. The molecular weight excluding hydrogens is 264 g/mol. The number of hydrogen-bond acceptors (Lipinski definition) is 4. The SMILES string of the molecule is CC(C)(c1nc2ccccc2o1)c1nc2ccccc2o1. The van der Waals surface area contributed by atoms with Gasteiger partial charge in [-0.05, 0) is 38.1 Å². The van der Waals surface area contributed by atoms with Crippen molar-refractivity contribution in [2.24, 2.45) is 0 Å². The van der Waals surface area contributed by atoms with E-state index in [1.807, 2.05) is 62.4 Å². The topological polar surface area (TPSA) is 52.1 Å². The molecule has 2 aromatic heterocycles. The molecule has 0 bridgehead atoms. The number of fused-ring (bicyclic) bond motifs is 2. The number of hydrogen-bond donors (Lipinski definition) is 0. The van der Waals surface area contributed by atoms with E-state index in [9.17, 15) is 0 Å². The van der Waals surface area contributed by atoms with E-state index in [2.05, 4.69) is 9.97 Å². The van der Waals surface area contributed by atoms with Gasteiger partial charge in [-0.3, -0.25) is 0 Å². The number of aromatic nitrogens is 2. The third-order valence-electron chi connectivity index (χ3n) is 3.66. The normalized spacial score (nSPS) is 12.3. The van der Waals surface area contributed by atoms with Crippen LogP contribution in [-0.4, -0.2) is 9.97 Å². The van der Waals surface area contributed by atoms with Gasteiger partial charge in [0.1, 0.15) is 16.4 Å². The second-order valence-corrected chi connectivity index (χ2v) is 5.60. The van der Waals surface area contributed by atoms with Crippen molar-refractivity contribution in [2.45, 2.75) is 19.3 Å². The molecule has 4 rings (SSSR count). The maximum Gasteiger partial charge on any atom is 0.210 e. The van der Waals surface area contributed by atoms with Crippen LogP contribution in [0.1, 0.15) is 25.6 Å². The number of rotatable bonds is 2. The summed E-state index contributed by atoms with van der Waals surface area (Å²) in [5.74, 6) is 1.21. The Morgan fingerprint density at radius 2 is 1.14 bits per heavy atom. The van der Waals surface area contributed by atoms with Gasteiger partial charge in [-0.15, -0.1) is 0 Å². The molecule has 0 N–H and O–H groups in total. The molecule has 0 aliphatic heterocycles. The molecule has 2 aromatic carbocycles. The first kappa shape index (κ1) is 12.1. The van der Waals surface area contributed by atoms with E-state index in [4.69, 9.17) is 8.83 Å². The minimum atomic E-state index is -0.530. The summed E-state index contributed by atoms with van der Waals surface area (Å²) in [4.78, 5) is 9.13. The quantitative estimate of drug-likeness (QED) is 0.548. The lowest BCUT2D eigenvalue weighted by Gasteiger charge is -2.15. The summed E-state index contributed by atoms with van der Waals surface area (Å²) in [7, 11) is 0. The number of para-hydroxylation sites is 4. The van der Waals surface area contributed by atoms with E-state index in [0.29, 0.717) is 11.8 Å². The summed E-state index contributed by atoms with van der Waals surface area (Å²) >= 11 is 0. The average molecular weight is 278 g/mol. The molecule has 0 radical (unpaired) electrons. The maximum atomic E-state index is 5.87. The zero-order valence-electron chi connectivity index (χ0n) is 11.8. The fourth-order valence-corrected chi connectivity index (χ4v) is 2.37. The van der Waals surface area contributed by atoms with Gasteiger partial charge in [-0.25, -0.2) is 9.97 Å². The first-order valence-corrected chi connectivity index (χ1v) is 6.87. The smallest absolute Gasteiger partial charge is 0.210 e. The third-order valence-corrected chi connectivity index (χ3v) is 3.66. The molecule has 0 aliphatic carbocycles. The molecule has 2 heterocycles. The summed E-state index contributed by atoms with van der Waals surface area (Å²) in [6.45, 7) is 4.00. The lowest BCUT2D eigenvalue weighted by molar-refractivity contribution is 0.360. The van der Waals surface area contributed by atoms with Gasteiger partial charge < -0.3 is 8.83 Å². The van der Waals surface area contributed by atoms with Crippen LogP contribution in [0, 0.1) is 0 Å². The molecule has 4 nitrogen and oxygen atoms in total. The van der Waals surface area contributed by atoms with E-state index < -0.39 is 5.41 Å². The first-order valence-electron chi connectivity index (χ1n) is 6.87. The molecule has 0 aliphatic rings. The largest absolute Gasteiger partial charge is 0.440 e. The van der Waals surface area contributed by atoms with E-state index >= 15 is 0 Å². The highest BCUT2D eigenvalue weighted by atomic mass is 16.4. The molecule has 4 heteroatoms. The lowest BCUT2D eigenvalue weighted by Crippen LogP contribution is -2.19. The van der Waals surface area contributed by atoms with Gasteiger partial charge in [0.05, 0.1) is 0 Å². The van der Waals surface area contributed by atoms with Crippen molar-refractivity contribution in [2.75, 3.05) is 0 Å². The van der Waals surface area contributed by atoms with Crippen LogP contribution in [0.25, 0.3) is 22.2 Å². The van der Waals surface area contributed by atoms with Gasteiger partial charge in [-0.1, -0.05) is 24.3 Å². The van der Waals surface area contributed by atoms with Gasteiger partial charge in [0, 0.05) is 0 Å². The van der Waals surface area contributed by atoms with Crippen molar-refractivity contribution in [1.82, 2.24) is 9.97 Å². The Morgan fingerprint density at radius 3 is 1.57 bits per heavy atom. The fraction of sp³-hybridized carbons (Fsp3) is 0.176. The summed E-state index contributed by atoms with van der Waals surface area (Å²) in [5, 5.41) is 0. The van der Waals surface area contributed by atoms with Gasteiger partial charge in [0.2, 0.25) is 11.8 Å². The Morgan fingerprint density at radius 1 is 0.714 bits per heavy atom. The van der Waals surface area contributed by atoms with Crippen molar-refractivity contribution in [3.05, 3.63) is 60.3 Å². The summed E-state index contributed by atoms with van der Waals surface area (Å²) in [5.41, 5.74) is 2.71. The van der Waals surface area contributed by atoms with Gasteiger partial charge in [0.25, 0.3) is 0 Å². The van der Waals surface area contributed by atoms with Crippen molar-refractivity contribution >= 4 is 22.2 Å². The second kappa shape index (κ2) is 4.19. The maximum absolute atomic E-state index is 5.87. The molecule has 0 fully saturated rings. The Kier molecular flexibility index (Phi) is 2.42. The predicted octanol–water partition coefficient (Wildman–Crippen LogP) is 4.29. The van der Waals surface area contributed by atoms with Crippen LogP contribution in [0.4, 0.5) is 0 Å². The van der Waals surface area contributed by atoms with Crippen LogP contribution in [-0.2, 0) is 5.41 Å². The summed E-state index contributed by atoms with van der Waals surface area (Å²) < 4.78 is 11.7. The first-order chi connectivity index (χ1) is 10.1. The Labute approximate surface area is 121 Å². The van der Waals surface area contributed by atoms with E-state index in [1.54, 1.807) is 0 Å². The predicted molar refractivity (Wildman–Crippen MR) is 80.1 cm³/mol. The molecule has 0 saturated heterocycles. The summed E-state index contributed by atoms with van der Waals surface area (Å²) in [6, 6.07) is 15.5. The molecule has 0 amide bonds. The lowest BCUT2D eigenvalue weighted by atomic mass is 9.93. The van der Waals surface area contributed by atoms with E-state index in [0.717, 1.165) is 22.2 Å². The molecule has 21 heavy (non-hydrogen) atoms. The third kappa shape index (κ3) is 1.83. The van der Waals surface area contributed by atoms with E-state index in [-0.39, 0.29) is 0 Å².